The van der Waals surface area contributed by atoms with Gasteiger partial charge in [-0.3, -0.25) is 0 Å². The molecular formula is C28H21BN2O2. The molecule has 0 radical (unpaired) electrons. The summed E-state index contributed by atoms with van der Waals surface area (Å²) in [5.41, 5.74) is 7.96. The summed E-state index contributed by atoms with van der Waals surface area (Å²) in [6, 6.07) is 31.6. The maximum Gasteiger partial charge on any atom is 0.597 e. The van der Waals surface area contributed by atoms with Crippen molar-refractivity contribution in [1.29, 1.82) is 0 Å². The second-order valence-corrected chi connectivity index (χ2v) is 8.61. The monoisotopic (exact) mass is 428 g/mol. The molecule has 33 heavy (non-hydrogen) atoms. The lowest BCUT2D eigenvalue weighted by Crippen LogP contribution is -2.70. The molecule has 3 aliphatic rings. The zero-order valence-electron chi connectivity index (χ0n) is 18.2. The van der Waals surface area contributed by atoms with Crippen molar-refractivity contribution in [2.75, 3.05) is 7.11 Å². The topological polar surface area (TPSA) is 26.4 Å². The summed E-state index contributed by atoms with van der Waals surface area (Å²) in [7, 11) is 1.71. The Hall–Kier alpha value is -4.25. The van der Waals surface area contributed by atoms with Gasteiger partial charge in [-0.05, 0) is 42.0 Å². The fourth-order valence-electron chi connectivity index (χ4n) is 5.64. The third-order valence-electron chi connectivity index (χ3n) is 6.98. The van der Waals surface area contributed by atoms with Crippen molar-refractivity contribution in [2.24, 2.45) is 0 Å². The number of allylic oxidation sites excluding steroid dienone is 2. The number of fused-ring (bicyclic) bond motifs is 4. The molecule has 0 N–H and O–H groups in total. The fourth-order valence-corrected chi connectivity index (χ4v) is 5.64. The molecule has 1 atom stereocenters. The van der Waals surface area contributed by atoms with Crippen LogP contribution in [0.3, 0.4) is 0 Å². The summed E-state index contributed by atoms with van der Waals surface area (Å²) in [6.45, 7) is -1.77. The Morgan fingerprint density at radius 1 is 0.848 bits per heavy atom. The Labute approximate surface area is 192 Å². The molecule has 5 heteroatoms. The Morgan fingerprint density at radius 2 is 1.67 bits per heavy atom. The van der Waals surface area contributed by atoms with E-state index in [1.807, 2.05) is 18.2 Å². The van der Waals surface area contributed by atoms with Crippen LogP contribution in [0.5, 0.6) is 11.5 Å². The third kappa shape index (κ3) is 2.34. The van der Waals surface area contributed by atoms with Crippen molar-refractivity contribution >= 4 is 23.9 Å². The first-order valence-corrected chi connectivity index (χ1v) is 11.2. The van der Waals surface area contributed by atoms with Gasteiger partial charge in [-0.25, -0.2) is 0 Å². The van der Waals surface area contributed by atoms with Crippen LogP contribution in [-0.2, 0) is 0 Å². The first-order valence-electron chi connectivity index (χ1n) is 11.2. The molecule has 1 aromatic heterocycles. The molecule has 0 fully saturated rings. The van der Waals surface area contributed by atoms with Gasteiger partial charge in [0.2, 0.25) is 0 Å². The van der Waals surface area contributed by atoms with E-state index in [1.54, 1.807) is 7.11 Å². The molecule has 7 rings (SSSR count). The standard InChI is InChI=1S/C28H21BN2O2/c1-32-22-12-7-9-20(19-22)28-25-14-8-18-30(25)29(21-10-3-2-4-11-21)31-24(16-17-26(28)31)23-13-5-6-15-27(23)33-29/h2-19H,1H3/t29-/m0/s1. The van der Waals surface area contributed by atoms with Crippen LogP contribution in [0.25, 0.3) is 16.8 Å². The van der Waals surface area contributed by atoms with Crippen LogP contribution in [-0.4, -0.2) is 28.9 Å². The molecule has 4 aromatic rings. The predicted molar refractivity (Wildman–Crippen MR) is 132 cm³/mol. The number of hydrogen-bond acceptors (Lipinski definition) is 2. The van der Waals surface area contributed by atoms with Crippen molar-refractivity contribution in [1.82, 2.24) is 4.48 Å². The van der Waals surface area contributed by atoms with E-state index in [0.717, 1.165) is 45.2 Å². The summed E-state index contributed by atoms with van der Waals surface area (Å²) in [4.78, 5) is 0. The van der Waals surface area contributed by atoms with E-state index in [4.69, 9.17) is 9.39 Å². The van der Waals surface area contributed by atoms with E-state index in [2.05, 4.69) is 100 Å². The zero-order chi connectivity index (χ0) is 22.0. The zero-order valence-corrected chi connectivity index (χ0v) is 18.2. The third-order valence-corrected chi connectivity index (χ3v) is 6.98. The number of methoxy groups -OCH3 is 1. The second kappa shape index (κ2) is 6.63. The summed E-state index contributed by atoms with van der Waals surface area (Å²) in [5.74, 6) is 1.75. The maximum absolute atomic E-state index is 7.04. The van der Waals surface area contributed by atoms with Crippen LogP contribution in [0.4, 0.5) is 0 Å². The highest BCUT2D eigenvalue weighted by molar-refractivity contribution is 6.80. The summed E-state index contributed by atoms with van der Waals surface area (Å²) in [6.07, 6.45) is 6.43. The van der Waals surface area contributed by atoms with Gasteiger partial charge in [0.05, 0.1) is 18.4 Å². The van der Waals surface area contributed by atoms with Gasteiger partial charge >= 0.3 is 6.62 Å². The average Bonchev–Trinajstić information content (AvgIpc) is 3.54. The highest BCUT2D eigenvalue weighted by Crippen LogP contribution is 2.46. The number of aromatic nitrogens is 1. The Balaban J connectivity index is 1.61. The van der Waals surface area contributed by atoms with E-state index < -0.39 is 6.62 Å². The van der Waals surface area contributed by atoms with Gasteiger partial charge in [0.15, 0.2) is 5.70 Å². The highest BCUT2D eigenvalue weighted by atomic mass is 16.5. The number of benzene rings is 3. The van der Waals surface area contributed by atoms with Gasteiger partial charge in [0.25, 0.3) is 0 Å². The minimum Gasteiger partial charge on any atom is -0.635 e. The molecule has 0 bridgehead atoms. The molecule has 3 aliphatic heterocycles. The Bertz CT molecular complexity index is 1530. The van der Waals surface area contributed by atoms with Crippen LogP contribution in [0.1, 0.15) is 11.3 Å². The predicted octanol–water partition coefficient (Wildman–Crippen LogP) is 4.68. The molecule has 0 aliphatic carbocycles. The molecule has 0 saturated heterocycles. The lowest BCUT2D eigenvalue weighted by atomic mass is 9.54. The van der Waals surface area contributed by atoms with Crippen molar-refractivity contribution in [3.05, 3.63) is 120 Å². The second-order valence-electron chi connectivity index (χ2n) is 8.61. The van der Waals surface area contributed by atoms with Gasteiger partial charge in [-0.2, -0.15) is 0 Å². The SMILES string of the molecule is COc1cccc(C2=C3C=CC=[N+]3[B@-]3(c4ccccc4)Oc4ccccc4-c4ccc2n43)c1. The van der Waals surface area contributed by atoms with Crippen LogP contribution in [0.15, 0.2) is 109 Å². The normalized spacial score (nSPS) is 19.4. The van der Waals surface area contributed by atoms with Crippen LogP contribution >= 0.6 is 0 Å². The first kappa shape index (κ1) is 18.3. The minimum atomic E-state index is -1.77. The molecule has 0 spiro atoms. The largest absolute Gasteiger partial charge is 0.635 e. The van der Waals surface area contributed by atoms with Crippen molar-refractivity contribution in [3.8, 4) is 22.8 Å². The maximum atomic E-state index is 7.04. The van der Waals surface area contributed by atoms with Crippen molar-refractivity contribution in [2.45, 2.75) is 0 Å². The molecule has 158 valence electrons. The van der Waals surface area contributed by atoms with Gasteiger partial charge in [0, 0.05) is 29.1 Å². The van der Waals surface area contributed by atoms with Gasteiger partial charge < -0.3 is 18.4 Å². The highest BCUT2D eigenvalue weighted by Gasteiger charge is 2.56. The first-order chi connectivity index (χ1) is 16.3. The number of nitrogens with zero attached hydrogens (tertiary/aromatic N) is 2. The quantitative estimate of drug-likeness (QED) is 0.443. The van der Waals surface area contributed by atoms with Crippen molar-refractivity contribution < 1.29 is 13.9 Å². The molecule has 3 aromatic carbocycles. The lowest BCUT2D eigenvalue weighted by Gasteiger charge is -2.47. The smallest absolute Gasteiger partial charge is 0.597 e. The van der Waals surface area contributed by atoms with Gasteiger partial charge in [-0.1, -0.05) is 60.1 Å². The average molecular weight is 428 g/mol. The summed E-state index contributed by atoms with van der Waals surface area (Å²) >= 11 is 0. The van der Waals surface area contributed by atoms with Crippen LogP contribution in [0.2, 0.25) is 0 Å². The van der Waals surface area contributed by atoms with E-state index in [0.29, 0.717) is 0 Å². The van der Waals surface area contributed by atoms with E-state index in [-0.39, 0.29) is 0 Å². The Kier molecular flexibility index (Phi) is 3.68. The minimum absolute atomic E-state index is 0.843. The molecular weight excluding hydrogens is 407 g/mol. The number of ether oxygens (including phenoxy) is 1. The number of para-hydroxylation sites is 1. The number of rotatable bonds is 3. The molecule has 0 unspecified atom stereocenters. The number of hydrogen-bond donors (Lipinski definition) is 0. The summed E-state index contributed by atoms with van der Waals surface area (Å²) in [5, 5.41) is 0. The van der Waals surface area contributed by atoms with Crippen LogP contribution < -0.4 is 14.9 Å². The summed E-state index contributed by atoms with van der Waals surface area (Å²) < 4.78 is 17.3. The molecule has 0 saturated carbocycles. The van der Waals surface area contributed by atoms with Crippen LogP contribution in [0, 0.1) is 0 Å². The van der Waals surface area contributed by atoms with E-state index in [9.17, 15) is 0 Å². The molecule has 4 nitrogen and oxygen atoms in total. The Morgan fingerprint density at radius 3 is 2.55 bits per heavy atom. The van der Waals surface area contributed by atoms with E-state index in [1.165, 1.54) is 5.57 Å². The van der Waals surface area contributed by atoms with E-state index >= 15 is 0 Å². The fraction of sp³-hybridized carbons (Fsp3) is 0.0357. The lowest BCUT2D eigenvalue weighted by molar-refractivity contribution is -0.342. The van der Waals surface area contributed by atoms with Crippen molar-refractivity contribution in [3.63, 3.8) is 0 Å². The molecule has 0 amide bonds. The molecule has 4 heterocycles. The van der Waals surface area contributed by atoms with Gasteiger partial charge in [0.1, 0.15) is 12.0 Å². The van der Waals surface area contributed by atoms with Gasteiger partial charge in [-0.15, -0.1) is 0 Å².